The van der Waals surface area contributed by atoms with Crippen LogP contribution in [0.3, 0.4) is 0 Å². The number of rotatable bonds is 9. The number of methoxy groups -OCH3 is 1. The summed E-state index contributed by atoms with van der Waals surface area (Å²) in [6, 6.07) is 20.3. The van der Waals surface area contributed by atoms with Crippen molar-refractivity contribution in [2.24, 2.45) is 0 Å². The molecule has 5 heteroatoms. The first-order valence-electron chi connectivity index (χ1n) is 11.7. The molecule has 0 saturated heterocycles. The Morgan fingerprint density at radius 1 is 0.971 bits per heavy atom. The molecule has 2 heterocycles. The number of ether oxygens (including phenoxy) is 2. The smallest absolute Gasteiger partial charge is 0.129 e. The van der Waals surface area contributed by atoms with Crippen LogP contribution in [0.2, 0.25) is 0 Å². The molecule has 2 aromatic carbocycles. The Kier molecular flexibility index (Phi) is 6.85. The molecule has 5 rings (SSSR count). The number of pyridine rings is 1. The number of nitrogens with zero attached hydrogens (tertiary/aromatic N) is 2. The first kappa shape index (κ1) is 22.4. The van der Waals surface area contributed by atoms with E-state index in [0.717, 1.165) is 47.0 Å². The van der Waals surface area contributed by atoms with Crippen LogP contribution in [0.5, 0.6) is 11.5 Å². The lowest BCUT2D eigenvalue weighted by Gasteiger charge is -2.10. The van der Waals surface area contributed by atoms with Gasteiger partial charge in [0.25, 0.3) is 0 Å². The molecule has 174 valence electrons. The second-order valence-electron chi connectivity index (χ2n) is 8.30. The van der Waals surface area contributed by atoms with Gasteiger partial charge >= 0.3 is 0 Å². The number of nitrogens with one attached hydrogen (secondary N) is 1. The third kappa shape index (κ3) is 5.76. The van der Waals surface area contributed by atoms with E-state index in [2.05, 4.69) is 51.6 Å². The second-order valence-corrected chi connectivity index (χ2v) is 8.30. The van der Waals surface area contributed by atoms with Gasteiger partial charge in [0.15, 0.2) is 0 Å². The Morgan fingerprint density at radius 3 is 2.83 bits per heavy atom. The molecular formula is C30H27N3O2. The van der Waals surface area contributed by atoms with E-state index in [1.807, 2.05) is 60.7 Å². The van der Waals surface area contributed by atoms with E-state index < -0.39 is 0 Å². The Bertz CT molecular complexity index is 1380. The normalized spacial score (nSPS) is 12.5. The number of fused-ring (bicyclic) bond motifs is 1. The number of benzene rings is 2. The summed E-state index contributed by atoms with van der Waals surface area (Å²) < 4.78 is 11.5. The first-order valence-corrected chi connectivity index (χ1v) is 11.7. The van der Waals surface area contributed by atoms with Gasteiger partial charge in [0.1, 0.15) is 11.5 Å². The van der Waals surface area contributed by atoms with Gasteiger partial charge in [-0.15, -0.1) is 0 Å². The van der Waals surface area contributed by atoms with E-state index in [4.69, 9.17) is 9.47 Å². The highest BCUT2D eigenvalue weighted by molar-refractivity contribution is 5.75. The average molecular weight is 462 g/mol. The average Bonchev–Trinajstić information content (AvgIpc) is 3.56. The number of aromatic nitrogens is 3. The summed E-state index contributed by atoms with van der Waals surface area (Å²) in [5, 5.41) is 7.48. The zero-order valence-corrected chi connectivity index (χ0v) is 19.6. The topological polar surface area (TPSA) is 60.0 Å². The van der Waals surface area contributed by atoms with Crippen LogP contribution in [0.15, 0.2) is 72.9 Å². The molecular weight excluding hydrogens is 434 g/mol. The predicted octanol–water partition coefficient (Wildman–Crippen LogP) is 6.34. The summed E-state index contributed by atoms with van der Waals surface area (Å²) in [6.07, 6.45) is 16.0. The molecule has 4 aromatic rings. The van der Waals surface area contributed by atoms with E-state index in [-0.39, 0.29) is 0 Å². The molecule has 0 unspecified atom stereocenters. The fourth-order valence-electron chi connectivity index (χ4n) is 4.00. The van der Waals surface area contributed by atoms with E-state index >= 15 is 0 Å². The van der Waals surface area contributed by atoms with Crippen LogP contribution in [0.1, 0.15) is 39.3 Å². The van der Waals surface area contributed by atoms with Gasteiger partial charge in [0.05, 0.1) is 25.1 Å². The summed E-state index contributed by atoms with van der Waals surface area (Å²) >= 11 is 0. The molecule has 35 heavy (non-hydrogen) atoms. The molecule has 0 amide bonds. The van der Waals surface area contributed by atoms with Gasteiger partial charge in [-0.3, -0.25) is 10.1 Å². The third-order valence-electron chi connectivity index (χ3n) is 5.87. The predicted molar refractivity (Wildman–Crippen MR) is 142 cm³/mol. The van der Waals surface area contributed by atoms with Crippen LogP contribution >= 0.6 is 0 Å². The fraction of sp³-hybridized carbons (Fsp3) is 0.133. The van der Waals surface area contributed by atoms with Crippen molar-refractivity contribution < 1.29 is 9.47 Å². The van der Waals surface area contributed by atoms with Crippen LogP contribution in [-0.4, -0.2) is 28.9 Å². The first-order chi connectivity index (χ1) is 17.3. The van der Waals surface area contributed by atoms with Gasteiger partial charge in [-0.2, -0.15) is 5.10 Å². The highest BCUT2D eigenvalue weighted by Crippen LogP contribution is 2.27. The van der Waals surface area contributed by atoms with Crippen molar-refractivity contribution in [3.63, 3.8) is 0 Å². The Labute approximate surface area is 205 Å². The molecule has 0 bridgehead atoms. The van der Waals surface area contributed by atoms with Gasteiger partial charge < -0.3 is 9.47 Å². The summed E-state index contributed by atoms with van der Waals surface area (Å²) in [5.74, 6) is 1.52. The molecule has 0 spiro atoms. The van der Waals surface area contributed by atoms with Crippen molar-refractivity contribution in [1.29, 1.82) is 0 Å². The summed E-state index contributed by atoms with van der Waals surface area (Å²) in [6.45, 7) is 0.558. The standard InChI is InChI=1S/C30H27N3O2/c1-34-30-21-29(35-18-16-26-7-2-3-17-31-26)15-12-24(30)11-14-28-20-27(32-33-28)13-9-22-8-10-23-5-4-6-25(23)19-22/h2-5,7-15,17,19-21H,6,16,18H2,1H3,(H,32,33)/b13-9+,14-11+. The molecule has 0 aliphatic heterocycles. The van der Waals surface area contributed by atoms with E-state index in [1.165, 1.54) is 16.7 Å². The summed E-state index contributed by atoms with van der Waals surface area (Å²) in [7, 11) is 1.67. The molecule has 1 aliphatic carbocycles. The Morgan fingerprint density at radius 2 is 1.94 bits per heavy atom. The van der Waals surface area contributed by atoms with Gasteiger partial charge in [0, 0.05) is 29.9 Å². The number of allylic oxidation sites excluding steroid dienone is 1. The summed E-state index contributed by atoms with van der Waals surface area (Å²) in [4.78, 5) is 4.32. The van der Waals surface area contributed by atoms with Crippen molar-refractivity contribution in [3.05, 3.63) is 112 Å². The summed E-state index contributed by atoms with van der Waals surface area (Å²) in [5.41, 5.74) is 7.64. The van der Waals surface area contributed by atoms with E-state index in [1.54, 1.807) is 13.3 Å². The minimum absolute atomic E-state index is 0.558. The lowest BCUT2D eigenvalue weighted by atomic mass is 10.1. The molecule has 0 fully saturated rings. The van der Waals surface area contributed by atoms with Crippen LogP contribution in [-0.2, 0) is 12.8 Å². The molecule has 0 saturated carbocycles. The van der Waals surface area contributed by atoms with Crippen molar-refractivity contribution in [1.82, 2.24) is 15.2 Å². The van der Waals surface area contributed by atoms with Crippen molar-refractivity contribution in [2.75, 3.05) is 13.7 Å². The number of hydrogen-bond donors (Lipinski definition) is 1. The molecule has 5 nitrogen and oxygen atoms in total. The van der Waals surface area contributed by atoms with Gasteiger partial charge in [-0.05, 0) is 71.7 Å². The minimum Gasteiger partial charge on any atom is -0.496 e. The fourth-order valence-corrected chi connectivity index (χ4v) is 4.00. The highest BCUT2D eigenvalue weighted by Gasteiger charge is 2.06. The van der Waals surface area contributed by atoms with Crippen LogP contribution in [0.4, 0.5) is 0 Å². The maximum atomic E-state index is 5.89. The maximum Gasteiger partial charge on any atom is 0.129 e. The van der Waals surface area contributed by atoms with Crippen LogP contribution in [0, 0.1) is 0 Å². The van der Waals surface area contributed by atoms with Crippen molar-refractivity contribution in [3.8, 4) is 11.5 Å². The van der Waals surface area contributed by atoms with Gasteiger partial charge in [-0.1, -0.05) is 42.5 Å². The largest absolute Gasteiger partial charge is 0.496 e. The zero-order valence-electron chi connectivity index (χ0n) is 19.6. The minimum atomic E-state index is 0.558. The maximum absolute atomic E-state index is 5.89. The zero-order chi connectivity index (χ0) is 23.9. The van der Waals surface area contributed by atoms with Gasteiger partial charge in [-0.25, -0.2) is 0 Å². The molecule has 2 aromatic heterocycles. The SMILES string of the molecule is COc1cc(OCCc2ccccn2)ccc1/C=C/c1cc(/C=C/c2ccc3c(c2)CC=C3)n[nH]1. The number of aromatic amines is 1. The molecule has 0 atom stereocenters. The number of H-pyrrole nitrogens is 1. The quantitative estimate of drug-likeness (QED) is 0.316. The molecule has 1 aliphatic rings. The van der Waals surface area contributed by atoms with Crippen molar-refractivity contribution in [2.45, 2.75) is 12.8 Å². The van der Waals surface area contributed by atoms with E-state index in [9.17, 15) is 0 Å². The second kappa shape index (κ2) is 10.7. The molecule has 1 N–H and O–H groups in total. The molecule has 0 radical (unpaired) electrons. The lowest BCUT2D eigenvalue weighted by molar-refractivity contribution is 0.317. The van der Waals surface area contributed by atoms with Gasteiger partial charge in [0.2, 0.25) is 0 Å². The highest BCUT2D eigenvalue weighted by atomic mass is 16.5. The number of hydrogen-bond acceptors (Lipinski definition) is 4. The monoisotopic (exact) mass is 461 g/mol. The Balaban J connectivity index is 1.20. The van der Waals surface area contributed by atoms with Crippen LogP contribution in [0.25, 0.3) is 30.4 Å². The lowest BCUT2D eigenvalue weighted by Crippen LogP contribution is -2.03. The Hall–Kier alpha value is -4.38. The van der Waals surface area contributed by atoms with Crippen molar-refractivity contribution >= 4 is 30.4 Å². The van der Waals surface area contributed by atoms with Crippen LogP contribution < -0.4 is 9.47 Å². The van der Waals surface area contributed by atoms with E-state index in [0.29, 0.717) is 6.61 Å². The third-order valence-corrected chi connectivity index (χ3v) is 5.87.